The Morgan fingerprint density at radius 1 is 0.800 bits per heavy atom. The van der Waals surface area contributed by atoms with Crippen LogP contribution in [-0.2, 0) is 0 Å². The first-order chi connectivity index (χ1) is 12.3. The summed E-state index contributed by atoms with van der Waals surface area (Å²) in [5, 5.41) is 22.2. The Kier molecular flexibility index (Phi) is 3.92. The molecule has 0 saturated carbocycles. The quantitative estimate of drug-likeness (QED) is 0.330. The largest absolute Gasteiger partial charge is 0.854 e. The molecule has 0 N–H and O–H groups in total. The molecule has 0 spiro atoms. The van der Waals surface area contributed by atoms with E-state index in [9.17, 15) is 5.11 Å². The first-order valence-corrected chi connectivity index (χ1v) is 8.00. The van der Waals surface area contributed by atoms with Gasteiger partial charge in [-0.1, -0.05) is 72.8 Å². The van der Waals surface area contributed by atoms with Crippen LogP contribution in [0.15, 0.2) is 96.1 Å². The van der Waals surface area contributed by atoms with Gasteiger partial charge in [0.1, 0.15) is 5.69 Å². The Bertz CT molecular complexity index is 1040. The van der Waals surface area contributed by atoms with Crippen molar-refractivity contribution in [1.29, 1.82) is 0 Å². The molecule has 0 aliphatic heterocycles. The third-order valence-corrected chi connectivity index (χ3v) is 3.92. The van der Waals surface area contributed by atoms with Crippen LogP contribution in [0.4, 0.5) is 0 Å². The van der Waals surface area contributed by atoms with Crippen molar-refractivity contribution < 1.29 is 9.90 Å². The number of nitrogens with zero attached hydrogens (tertiary/aromatic N) is 3. The molecule has 1 aromatic heterocycles. The predicted octanol–water partition coefficient (Wildman–Crippen LogP) is 2.76. The van der Waals surface area contributed by atoms with Crippen molar-refractivity contribution in [2.45, 2.75) is 0 Å². The molecule has 4 aromatic rings. The minimum Gasteiger partial charge on any atom is -0.854 e. The average molecular weight is 325 g/mol. The van der Waals surface area contributed by atoms with E-state index in [-0.39, 0.29) is 5.90 Å². The molecule has 0 aliphatic rings. The fourth-order valence-electron chi connectivity index (χ4n) is 2.67. The number of aromatic nitrogens is 2. The fourth-order valence-corrected chi connectivity index (χ4v) is 2.67. The molecule has 0 radical (unpaired) electrons. The van der Waals surface area contributed by atoms with E-state index in [0.29, 0.717) is 5.56 Å². The van der Waals surface area contributed by atoms with Crippen molar-refractivity contribution in [2.75, 3.05) is 0 Å². The Morgan fingerprint density at radius 2 is 1.44 bits per heavy atom. The summed E-state index contributed by atoms with van der Waals surface area (Å²) in [6.07, 6.45) is 0. The minimum absolute atomic E-state index is 0.325. The zero-order valence-electron chi connectivity index (χ0n) is 13.4. The van der Waals surface area contributed by atoms with Crippen LogP contribution in [0.5, 0.6) is 0 Å². The summed E-state index contributed by atoms with van der Waals surface area (Å²) in [5.41, 5.74) is 3.06. The average Bonchev–Trinajstić information content (AvgIpc) is 2.69. The normalized spacial score (nSPS) is 11.6. The van der Waals surface area contributed by atoms with Crippen molar-refractivity contribution in [3.8, 4) is 11.3 Å². The lowest BCUT2D eigenvalue weighted by atomic mass is 10.1. The topological polar surface area (TPSA) is 52.2 Å². The second-order valence-electron chi connectivity index (χ2n) is 5.62. The van der Waals surface area contributed by atoms with Gasteiger partial charge in [0.05, 0.1) is 16.1 Å². The van der Waals surface area contributed by atoms with Gasteiger partial charge >= 0.3 is 0 Å². The van der Waals surface area contributed by atoms with Crippen molar-refractivity contribution in [3.63, 3.8) is 0 Å². The molecule has 0 fully saturated rings. The molecule has 0 saturated heterocycles. The molecule has 4 heteroatoms. The van der Waals surface area contributed by atoms with E-state index in [0.717, 1.165) is 22.2 Å². The van der Waals surface area contributed by atoms with Crippen molar-refractivity contribution in [1.82, 2.24) is 5.10 Å². The summed E-state index contributed by atoms with van der Waals surface area (Å²) in [6, 6.07) is 28.6. The molecule has 0 unspecified atom stereocenters. The first kappa shape index (κ1) is 15.0. The second kappa shape index (κ2) is 6.53. The molecule has 120 valence electrons. The zero-order valence-corrected chi connectivity index (χ0v) is 13.4. The number of hydrogen-bond donors (Lipinski definition) is 0. The van der Waals surface area contributed by atoms with E-state index in [1.54, 1.807) is 12.1 Å². The van der Waals surface area contributed by atoms with Crippen LogP contribution in [0.3, 0.4) is 0 Å². The van der Waals surface area contributed by atoms with Crippen LogP contribution in [0.1, 0.15) is 5.56 Å². The van der Waals surface area contributed by atoms with Crippen molar-refractivity contribution in [3.05, 3.63) is 96.6 Å². The second-order valence-corrected chi connectivity index (χ2v) is 5.62. The van der Waals surface area contributed by atoms with Gasteiger partial charge in [-0.25, -0.2) is 0 Å². The van der Waals surface area contributed by atoms with Gasteiger partial charge in [-0.15, -0.1) is 0 Å². The van der Waals surface area contributed by atoms with Crippen LogP contribution in [0, 0.1) is 0 Å². The summed E-state index contributed by atoms with van der Waals surface area (Å²) in [6.45, 7) is 0. The lowest BCUT2D eigenvalue weighted by molar-refractivity contribution is -0.714. The van der Waals surface area contributed by atoms with Gasteiger partial charge in [-0.05, 0) is 17.7 Å². The van der Waals surface area contributed by atoms with Gasteiger partial charge in [0.15, 0.2) is 0 Å². The van der Waals surface area contributed by atoms with Crippen LogP contribution in [0.2, 0.25) is 0 Å². The maximum absolute atomic E-state index is 12.5. The van der Waals surface area contributed by atoms with Gasteiger partial charge < -0.3 is 5.11 Å². The molecule has 0 aliphatic carbocycles. The summed E-state index contributed by atoms with van der Waals surface area (Å²) in [7, 11) is 0. The highest BCUT2D eigenvalue weighted by atomic mass is 16.3. The molecule has 1 heterocycles. The Balaban J connectivity index is 1.90. The molecule has 25 heavy (non-hydrogen) atoms. The minimum atomic E-state index is -0.325. The highest BCUT2D eigenvalue weighted by Crippen LogP contribution is 2.19. The van der Waals surface area contributed by atoms with E-state index in [2.05, 4.69) is 10.2 Å². The molecule has 0 atom stereocenters. The number of benzene rings is 3. The molecule has 4 nitrogen and oxygen atoms in total. The van der Waals surface area contributed by atoms with Crippen LogP contribution >= 0.6 is 0 Å². The van der Waals surface area contributed by atoms with Gasteiger partial charge in [-0.3, -0.25) is 0 Å². The lowest BCUT2D eigenvalue weighted by Gasteiger charge is -2.06. The summed E-state index contributed by atoms with van der Waals surface area (Å²) in [4.78, 5) is 1.42. The first-order valence-electron chi connectivity index (χ1n) is 8.00. The number of fused-ring (bicyclic) bond motifs is 1. The van der Waals surface area contributed by atoms with E-state index < -0.39 is 0 Å². The molecule has 0 amide bonds. The maximum Gasteiger partial charge on any atom is 0.275 e. The van der Waals surface area contributed by atoms with E-state index in [4.69, 9.17) is 0 Å². The van der Waals surface area contributed by atoms with E-state index in [1.165, 1.54) is 4.79 Å². The molecule has 0 bridgehead atoms. The Labute approximate surface area is 145 Å². The summed E-state index contributed by atoms with van der Waals surface area (Å²) < 4.78 is 0. The summed E-state index contributed by atoms with van der Waals surface area (Å²) >= 11 is 0. The number of para-hydroxylation sites is 1. The van der Waals surface area contributed by atoms with E-state index in [1.807, 2.05) is 78.9 Å². The highest BCUT2D eigenvalue weighted by molar-refractivity contribution is 5.90. The standard InChI is InChI=1S/C21H15N3O/c25-21(17-11-5-2-6-12-17)23-24-20-14-8-7-13-18(20)15-19(22-24)16-9-3-1-4-10-16/h1-15H. The highest BCUT2D eigenvalue weighted by Gasteiger charge is 2.14. The molecular weight excluding hydrogens is 310 g/mol. The zero-order chi connectivity index (χ0) is 17.1. The van der Waals surface area contributed by atoms with Crippen LogP contribution in [-0.4, -0.2) is 11.0 Å². The van der Waals surface area contributed by atoms with Crippen LogP contribution < -0.4 is 9.90 Å². The fraction of sp³-hybridized carbons (Fsp3) is 0. The third kappa shape index (κ3) is 3.10. The molecule has 3 aromatic carbocycles. The van der Waals surface area contributed by atoms with Crippen LogP contribution in [0.25, 0.3) is 22.2 Å². The van der Waals surface area contributed by atoms with Gasteiger partial charge in [-0.2, -0.15) is 0 Å². The number of rotatable bonds is 3. The molecular formula is C21H15N3O. The van der Waals surface area contributed by atoms with E-state index >= 15 is 0 Å². The van der Waals surface area contributed by atoms with Gasteiger partial charge in [0.25, 0.3) is 5.52 Å². The SMILES string of the molecule is [O-]/C(=N\[n+]1nc(-c2ccccc2)cc2ccccc21)c1ccccc1. The smallest absolute Gasteiger partial charge is 0.275 e. The van der Waals surface area contributed by atoms with Gasteiger partial charge in [0.2, 0.25) is 0 Å². The van der Waals surface area contributed by atoms with Crippen molar-refractivity contribution in [2.24, 2.45) is 5.10 Å². The monoisotopic (exact) mass is 325 g/mol. The molecule has 4 rings (SSSR count). The third-order valence-electron chi connectivity index (χ3n) is 3.92. The summed E-state index contributed by atoms with van der Waals surface area (Å²) in [5.74, 6) is -0.325. The van der Waals surface area contributed by atoms with Crippen molar-refractivity contribution >= 4 is 16.8 Å². The van der Waals surface area contributed by atoms with Gasteiger partial charge in [0, 0.05) is 21.8 Å². The number of hydrogen-bond acceptors (Lipinski definition) is 3. The Hall–Kier alpha value is -3.53. The predicted molar refractivity (Wildman–Crippen MR) is 95.8 cm³/mol. The Morgan fingerprint density at radius 3 is 2.20 bits per heavy atom. The maximum atomic E-state index is 12.5. The lowest BCUT2D eigenvalue weighted by Crippen LogP contribution is -2.38.